The third kappa shape index (κ3) is 2.34. The first kappa shape index (κ1) is 11.8. The van der Waals surface area contributed by atoms with Gasteiger partial charge in [0.25, 0.3) is 0 Å². The van der Waals surface area contributed by atoms with Crippen molar-refractivity contribution in [3.63, 3.8) is 0 Å². The fraction of sp³-hybridized carbons (Fsp3) is 0.417. The van der Waals surface area contributed by atoms with Crippen molar-refractivity contribution in [1.29, 1.82) is 0 Å². The van der Waals surface area contributed by atoms with E-state index < -0.39 is 0 Å². The molecule has 0 N–H and O–H groups in total. The highest BCUT2D eigenvalue weighted by Gasteiger charge is 2.36. The third-order valence-electron chi connectivity index (χ3n) is 2.80. The number of rotatable bonds is 3. The summed E-state index contributed by atoms with van der Waals surface area (Å²) in [6.07, 6.45) is 1.22. The standard InChI is InChI=1S/C12H14BrNO2/c1-2-11(15)10-8-12(16-14(10)13)9-6-4-3-5-7-9/h3-7,10,12H,2,8H2,1H3/t10?,12-/m1/s1. The number of benzene rings is 1. The van der Waals surface area contributed by atoms with Crippen LogP contribution < -0.4 is 0 Å². The third-order valence-corrected chi connectivity index (χ3v) is 3.46. The van der Waals surface area contributed by atoms with Crippen molar-refractivity contribution in [3.8, 4) is 0 Å². The summed E-state index contributed by atoms with van der Waals surface area (Å²) in [6, 6.07) is 9.79. The van der Waals surface area contributed by atoms with E-state index in [0.717, 1.165) is 5.56 Å². The Hall–Kier alpha value is -0.710. The molecule has 16 heavy (non-hydrogen) atoms. The van der Waals surface area contributed by atoms with Crippen molar-refractivity contribution in [2.75, 3.05) is 0 Å². The lowest BCUT2D eigenvalue weighted by atomic mass is 10.0. The van der Waals surface area contributed by atoms with E-state index in [0.29, 0.717) is 12.8 Å². The summed E-state index contributed by atoms with van der Waals surface area (Å²) in [7, 11) is 0. The SMILES string of the molecule is CCC(=O)C1C[C@H](c2ccccc2)ON1Br. The molecule has 0 amide bonds. The normalized spacial score (nSPS) is 25.9. The molecule has 1 unspecified atom stereocenters. The van der Waals surface area contributed by atoms with Gasteiger partial charge in [-0.15, -0.1) is 4.09 Å². The molecule has 0 aliphatic carbocycles. The summed E-state index contributed by atoms with van der Waals surface area (Å²) in [6.45, 7) is 1.87. The van der Waals surface area contributed by atoms with Crippen LogP contribution in [-0.4, -0.2) is 15.9 Å². The molecule has 0 spiro atoms. The van der Waals surface area contributed by atoms with E-state index >= 15 is 0 Å². The average Bonchev–Trinajstić information content (AvgIpc) is 2.71. The van der Waals surface area contributed by atoms with Crippen molar-refractivity contribution in [2.45, 2.75) is 31.9 Å². The van der Waals surface area contributed by atoms with Crippen molar-refractivity contribution >= 4 is 21.9 Å². The van der Waals surface area contributed by atoms with Gasteiger partial charge in [-0.25, -0.2) is 0 Å². The minimum Gasteiger partial charge on any atom is -0.298 e. The lowest BCUT2D eigenvalue weighted by molar-refractivity contribution is -0.129. The Morgan fingerprint density at radius 2 is 2.19 bits per heavy atom. The molecule has 0 aromatic heterocycles. The first-order chi connectivity index (χ1) is 7.72. The highest BCUT2D eigenvalue weighted by Crippen LogP contribution is 2.35. The van der Waals surface area contributed by atoms with E-state index in [9.17, 15) is 4.79 Å². The zero-order valence-electron chi connectivity index (χ0n) is 9.10. The van der Waals surface area contributed by atoms with E-state index in [4.69, 9.17) is 4.84 Å². The Bertz CT molecular complexity index is 369. The number of hydroxylamine groups is 1. The first-order valence-electron chi connectivity index (χ1n) is 5.41. The van der Waals surface area contributed by atoms with Gasteiger partial charge in [0.05, 0.1) is 0 Å². The molecule has 3 nitrogen and oxygen atoms in total. The van der Waals surface area contributed by atoms with Gasteiger partial charge in [-0.3, -0.25) is 9.63 Å². The molecule has 0 bridgehead atoms. The van der Waals surface area contributed by atoms with E-state index in [1.807, 2.05) is 37.3 Å². The molecular weight excluding hydrogens is 270 g/mol. The Morgan fingerprint density at radius 3 is 2.81 bits per heavy atom. The molecule has 1 aliphatic heterocycles. The molecule has 1 fully saturated rings. The number of carbonyl (C=O) groups excluding carboxylic acids is 1. The Balaban J connectivity index is 2.10. The monoisotopic (exact) mass is 283 g/mol. The van der Waals surface area contributed by atoms with Crippen molar-refractivity contribution in [1.82, 2.24) is 4.09 Å². The van der Waals surface area contributed by atoms with E-state index in [1.165, 1.54) is 4.09 Å². The number of Topliss-reactive ketones (excluding diaryl/α,β-unsaturated/α-hetero) is 1. The molecule has 1 aromatic carbocycles. The van der Waals surface area contributed by atoms with Crippen LogP contribution in [0, 0.1) is 0 Å². The topological polar surface area (TPSA) is 29.5 Å². The average molecular weight is 284 g/mol. The van der Waals surface area contributed by atoms with Gasteiger partial charge >= 0.3 is 0 Å². The zero-order chi connectivity index (χ0) is 11.5. The first-order valence-corrected chi connectivity index (χ1v) is 6.12. The van der Waals surface area contributed by atoms with Crippen LogP contribution in [-0.2, 0) is 9.63 Å². The van der Waals surface area contributed by atoms with Crippen LogP contribution in [0.1, 0.15) is 31.4 Å². The summed E-state index contributed by atoms with van der Waals surface area (Å²) < 4.78 is 1.51. The highest BCUT2D eigenvalue weighted by atomic mass is 79.9. The molecule has 1 aliphatic rings. The van der Waals surface area contributed by atoms with Crippen LogP contribution in [0.25, 0.3) is 0 Å². The van der Waals surface area contributed by atoms with Gasteiger partial charge in [-0.2, -0.15) is 0 Å². The summed E-state index contributed by atoms with van der Waals surface area (Å²) >= 11 is 3.27. The molecular formula is C12H14BrNO2. The summed E-state index contributed by atoms with van der Waals surface area (Å²) in [5.41, 5.74) is 1.11. The van der Waals surface area contributed by atoms with Crippen LogP contribution in [0.3, 0.4) is 0 Å². The maximum Gasteiger partial charge on any atom is 0.153 e. The quantitative estimate of drug-likeness (QED) is 0.799. The Morgan fingerprint density at radius 1 is 1.50 bits per heavy atom. The van der Waals surface area contributed by atoms with Crippen molar-refractivity contribution in [2.24, 2.45) is 0 Å². The fourth-order valence-corrected chi connectivity index (χ4v) is 2.47. The van der Waals surface area contributed by atoms with Crippen molar-refractivity contribution in [3.05, 3.63) is 35.9 Å². The lowest BCUT2D eigenvalue weighted by Gasteiger charge is -2.12. The van der Waals surface area contributed by atoms with Crippen LogP contribution in [0.15, 0.2) is 30.3 Å². The number of halogens is 1. The van der Waals surface area contributed by atoms with Gasteiger partial charge in [0.1, 0.15) is 12.1 Å². The van der Waals surface area contributed by atoms with E-state index in [1.54, 1.807) is 0 Å². The second-order valence-corrected chi connectivity index (χ2v) is 4.55. The highest BCUT2D eigenvalue weighted by molar-refractivity contribution is 9.07. The van der Waals surface area contributed by atoms with Gasteiger partial charge < -0.3 is 0 Å². The number of ketones is 1. The predicted molar refractivity (Wildman–Crippen MR) is 64.7 cm³/mol. The van der Waals surface area contributed by atoms with Crippen molar-refractivity contribution < 1.29 is 9.63 Å². The zero-order valence-corrected chi connectivity index (χ0v) is 10.7. The Kier molecular flexibility index (Phi) is 3.74. The molecule has 86 valence electrons. The molecule has 2 rings (SSSR count). The molecule has 0 radical (unpaired) electrons. The minimum atomic E-state index is -0.171. The number of hydrogen-bond acceptors (Lipinski definition) is 3. The molecule has 4 heteroatoms. The fourth-order valence-electron chi connectivity index (χ4n) is 1.87. The maximum atomic E-state index is 11.6. The minimum absolute atomic E-state index is 0.0268. The maximum absolute atomic E-state index is 11.6. The molecule has 0 saturated carbocycles. The summed E-state index contributed by atoms with van der Waals surface area (Å²) in [5.74, 6) is 0.204. The van der Waals surface area contributed by atoms with Crippen LogP contribution in [0.2, 0.25) is 0 Å². The van der Waals surface area contributed by atoms with E-state index in [2.05, 4.69) is 16.1 Å². The van der Waals surface area contributed by atoms with Crippen LogP contribution in [0.5, 0.6) is 0 Å². The predicted octanol–water partition coefficient (Wildman–Crippen LogP) is 3.02. The number of nitrogens with zero attached hydrogens (tertiary/aromatic N) is 1. The number of carbonyl (C=O) groups is 1. The largest absolute Gasteiger partial charge is 0.298 e. The summed E-state index contributed by atoms with van der Waals surface area (Å²) in [5, 5.41) is 0. The molecule has 1 saturated heterocycles. The Labute approximate surface area is 104 Å². The summed E-state index contributed by atoms with van der Waals surface area (Å²) in [4.78, 5) is 17.3. The van der Waals surface area contributed by atoms with Crippen LogP contribution >= 0.6 is 16.1 Å². The molecule has 1 aromatic rings. The van der Waals surface area contributed by atoms with Gasteiger partial charge in [-0.05, 0) is 5.56 Å². The van der Waals surface area contributed by atoms with Crippen LogP contribution in [0.4, 0.5) is 0 Å². The molecule has 2 atom stereocenters. The smallest absolute Gasteiger partial charge is 0.153 e. The van der Waals surface area contributed by atoms with Gasteiger partial charge in [0, 0.05) is 29.0 Å². The lowest BCUT2D eigenvalue weighted by Crippen LogP contribution is -2.27. The van der Waals surface area contributed by atoms with Gasteiger partial charge in [0.2, 0.25) is 0 Å². The van der Waals surface area contributed by atoms with Gasteiger partial charge in [-0.1, -0.05) is 37.3 Å². The molecule has 1 heterocycles. The van der Waals surface area contributed by atoms with E-state index in [-0.39, 0.29) is 17.9 Å². The second kappa shape index (κ2) is 5.08. The van der Waals surface area contributed by atoms with Gasteiger partial charge in [0.15, 0.2) is 5.78 Å². The second-order valence-electron chi connectivity index (χ2n) is 3.85. The number of hydrogen-bond donors (Lipinski definition) is 0.